The van der Waals surface area contributed by atoms with Gasteiger partial charge in [0.2, 0.25) is 5.91 Å². The Bertz CT molecular complexity index is 704. The van der Waals surface area contributed by atoms with Crippen LogP contribution >= 0.6 is 0 Å². The molecular weight excluding hydrogens is 340 g/mol. The second kappa shape index (κ2) is 7.52. The molecule has 27 heavy (non-hydrogen) atoms. The molecule has 2 saturated heterocycles. The number of hydrogen-bond donors (Lipinski definition) is 1. The van der Waals surface area contributed by atoms with Crippen LogP contribution in [0.5, 0.6) is 0 Å². The smallest absolute Gasteiger partial charge is 0.223 e. The Morgan fingerprint density at radius 3 is 2.74 bits per heavy atom. The molecular formula is C20H34N6O. The van der Waals surface area contributed by atoms with Gasteiger partial charge in [-0.3, -0.25) is 14.5 Å². The van der Waals surface area contributed by atoms with Gasteiger partial charge in [-0.25, -0.2) is 0 Å². The van der Waals surface area contributed by atoms with Gasteiger partial charge in [-0.15, -0.1) is 0 Å². The van der Waals surface area contributed by atoms with Crippen LogP contribution in [0.15, 0.2) is 17.4 Å². The molecule has 2 fully saturated rings. The van der Waals surface area contributed by atoms with Crippen molar-refractivity contribution in [1.29, 1.82) is 0 Å². The second-order valence-corrected chi connectivity index (χ2v) is 9.18. The van der Waals surface area contributed by atoms with E-state index in [1.165, 1.54) is 6.42 Å². The number of guanidine groups is 1. The SMILES string of the molecule is CC1CCCN(C(N)=NC[C@@H]2CC(=O)N(C(C)(C)C)[C@H]2c2cnn(C)c2)C1. The van der Waals surface area contributed by atoms with E-state index < -0.39 is 0 Å². The zero-order valence-corrected chi connectivity index (χ0v) is 17.4. The molecule has 0 aliphatic carbocycles. The lowest BCUT2D eigenvalue weighted by Gasteiger charge is -2.38. The number of aromatic nitrogens is 2. The van der Waals surface area contributed by atoms with Crippen molar-refractivity contribution in [2.24, 2.45) is 29.6 Å². The van der Waals surface area contributed by atoms with Crippen LogP contribution in [0, 0.1) is 11.8 Å². The van der Waals surface area contributed by atoms with Crippen molar-refractivity contribution in [2.75, 3.05) is 19.6 Å². The van der Waals surface area contributed by atoms with Gasteiger partial charge >= 0.3 is 0 Å². The summed E-state index contributed by atoms with van der Waals surface area (Å²) in [6, 6.07) is -0.0111. The van der Waals surface area contributed by atoms with Crippen molar-refractivity contribution >= 4 is 11.9 Å². The standard InChI is InChI=1S/C20H34N6O/c1-14-7-6-8-25(12-14)19(21)22-10-15-9-17(27)26(20(2,3)4)18(15)16-11-23-24(5)13-16/h11,13-15,18H,6-10,12H2,1-5H3,(H2,21,22)/t14?,15-,18+/m0/s1. The van der Waals surface area contributed by atoms with Crippen LogP contribution in [0.25, 0.3) is 0 Å². The molecule has 2 aliphatic heterocycles. The average Bonchev–Trinajstić information content (AvgIpc) is 3.15. The van der Waals surface area contributed by atoms with E-state index in [1.807, 2.05) is 24.3 Å². The highest BCUT2D eigenvalue weighted by molar-refractivity contribution is 5.81. The molecule has 150 valence electrons. The molecule has 7 nitrogen and oxygen atoms in total. The van der Waals surface area contributed by atoms with Crippen molar-refractivity contribution in [3.05, 3.63) is 18.0 Å². The van der Waals surface area contributed by atoms with E-state index >= 15 is 0 Å². The fraction of sp³-hybridized carbons (Fsp3) is 0.750. The van der Waals surface area contributed by atoms with Crippen LogP contribution in [0.3, 0.4) is 0 Å². The van der Waals surface area contributed by atoms with Gasteiger partial charge in [0.1, 0.15) is 0 Å². The molecule has 3 rings (SSSR count). The van der Waals surface area contributed by atoms with Gasteiger partial charge in [-0.1, -0.05) is 6.92 Å². The molecule has 3 heterocycles. The number of hydrogen-bond acceptors (Lipinski definition) is 3. The Hall–Kier alpha value is -2.05. The second-order valence-electron chi connectivity index (χ2n) is 9.18. The molecule has 1 aromatic rings. The van der Waals surface area contributed by atoms with Crippen molar-refractivity contribution in [2.45, 2.75) is 58.5 Å². The lowest BCUT2D eigenvalue weighted by atomic mass is 9.93. The lowest BCUT2D eigenvalue weighted by Crippen LogP contribution is -2.44. The molecule has 7 heteroatoms. The molecule has 0 radical (unpaired) electrons. The van der Waals surface area contributed by atoms with E-state index in [0.717, 1.165) is 25.1 Å². The highest BCUT2D eigenvalue weighted by Gasteiger charge is 2.45. The molecule has 3 atom stereocenters. The van der Waals surface area contributed by atoms with Crippen LogP contribution in [0.2, 0.25) is 0 Å². The molecule has 0 spiro atoms. The summed E-state index contributed by atoms with van der Waals surface area (Å²) in [6.45, 7) is 11.0. The van der Waals surface area contributed by atoms with Gasteiger partial charge in [-0.2, -0.15) is 5.10 Å². The number of carbonyl (C=O) groups excluding carboxylic acids is 1. The Labute approximate surface area is 162 Å². The summed E-state index contributed by atoms with van der Waals surface area (Å²) >= 11 is 0. The van der Waals surface area contributed by atoms with E-state index in [1.54, 1.807) is 4.68 Å². The maximum atomic E-state index is 12.8. The summed E-state index contributed by atoms with van der Waals surface area (Å²) in [4.78, 5) is 21.7. The van der Waals surface area contributed by atoms with E-state index in [9.17, 15) is 4.79 Å². The van der Waals surface area contributed by atoms with Gasteiger partial charge in [0.25, 0.3) is 0 Å². The zero-order valence-electron chi connectivity index (χ0n) is 17.4. The maximum Gasteiger partial charge on any atom is 0.223 e. The zero-order chi connectivity index (χ0) is 19.8. The molecule has 1 amide bonds. The summed E-state index contributed by atoms with van der Waals surface area (Å²) in [7, 11) is 1.91. The minimum Gasteiger partial charge on any atom is -0.370 e. The first-order valence-corrected chi connectivity index (χ1v) is 10.0. The van der Waals surface area contributed by atoms with Crippen LogP contribution < -0.4 is 5.73 Å². The highest BCUT2D eigenvalue weighted by atomic mass is 16.2. The summed E-state index contributed by atoms with van der Waals surface area (Å²) < 4.78 is 1.79. The van der Waals surface area contributed by atoms with Gasteiger partial charge in [-0.05, 0) is 39.5 Å². The monoisotopic (exact) mass is 374 g/mol. The quantitative estimate of drug-likeness (QED) is 0.649. The van der Waals surface area contributed by atoms with Crippen molar-refractivity contribution in [3.63, 3.8) is 0 Å². The number of nitrogens with two attached hydrogens (primary N) is 1. The molecule has 1 unspecified atom stereocenters. The Morgan fingerprint density at radius 1 is 1.41 bits per heavy atom. The third kappa shape index (κ3) is 4.28. The van der Waals surface area contributed by atoms with E-state index in [-0.39, 0.29) is 23.4 Å². The number of aliphatic imine (C=N–C) groups is 1. The number of rotatable bonds is 3. The topological polar surface area (TPSA) is 79.8 Å². The molecule has 2 N–H and O–H groups in total. The average molecular weight is 375 g/mol. The fourth-order valence-corrected chi connectivity index (χ4v) is 4.48. The Morgan fingerprint density at radius 2 is 2.15 bits per heavy atom. The van der Waals surface area contributed by atoms with Gasteiger partial charge in [0.05, 0.1) is 12.2 Å². The predicted octanol–water partition coefficient (Wildman–Crippen LogP) is 2.15. The van der Waals surface area contributed by atoms with E-state index in [2.05, 4.69) is 37.7 Å². The van der Waals surface area contributed by atoms with Gasteiger partial charge < -0.3 is 15.5 Å². The van der Waals surface area contributed by atoms with Gasteiger partial charge in [0.15, 0.2) is 5.96 Å². The number of piperidine rings is 1. The molecule has 0 aromatic carbocycles. The highest BCUT2D eigenvalue weighted by Crippen LogP contribution is 2.42. The molecule has 1 aromatic heterocycles. The Balaban J connectivity index is 1.80. The molecule has 0 saturated carbocycles. The number of nitrogens with zero attached hydrogens (tertiary/aromatic N) is 5. The van der Waals surface area contributed by atoms with Gasteiger partial charge in [0, 0.05) is 56.3 Å². The van der Waals surface area contributed by atoms with Crippen molar-refractivity contribution < 1.29 is 4.79 Å². The van der Waals surface area contributed by atoms with E-state index in [0.29, 0.717) is 24.8 Å². The first-order chi connectivity index (χ1) is 12.7. The van der Waals surface area contributed by atoms with Crippen molar-refractivity contribution in [3.8, 4) is 0 Å². The Kier molecular flexibility index (Phi) is 5.49. The summed E-state index contributed by atoms with van der Waals surface area (Å²) in [5.74, 6) is 1.57. The minimum atomic E-state index is -0.246. The maximum absolute atomic E-state index is 12.8. The third-order valence-corrected chi connectivity index (χ3v) is 5.69. The lowest BCUT2D eigenvalue weighted by molar-refractivity contribution is -0.133. The minimum absolute atomic E-state index is 0.0111. The van der Waals surface area contributed by atoms with Crippen LogP contribution in [0.1, 0.15) is 58.6 Å². The summed E-state index contributed by atoms with van der Waals surface area (Å²) in [5, 5.41) is 4.32. The first kappa shape index (κ1) is 19.7. The third-order valence-electron chi connectivity index (χ3n) is 5.69. The number of carbonyl (C=O) groups is 1. The van der Waals surface area contributed by atoms with Crippen LogP contribution in [-0.2, 0) is 11.8 Å². The molecule has 0 bridgehead atoms. The predicted molar refractivity (Wildman–Crippen MR) is 107 cm³/mol. The number of aryl methyl sites for hydroxylation is 1. The van der Waals surface area contributed by atoms with Crippen LogP contribution in [0.4, 0.5) is 0 Å². The summed E-state index contributed by atoms with van der Waals surface area (Å²) in [6.07, 6.45) is 6.80. The first-order valence-electron chi connectivity index (χ1n) is 10.0. The number of amides is 1. The normalized spacial score (nSPS) is 27.5. The fourth-order valence-electron chi connectivity index (χ4n) is 4.48. The summed E-state index contributed by atoms with van der Waals surface area (Å²) in [5.41, 5.74) is 7.12. The van der Waals surface area contributed by atoms with Crippen molar-refractivity contribution in [1.82, 2.24) is 19.6 Å². The molecule has 2 aliphatic rings. The largest absolute Gasteiger partial charge is 0.370 e. The van der Waals surface area contributed by atoms with E-state index in [4.69, 9.17) is 10.7 Å². The number of likely N-dealkylation sites (tertiary alicyclic amines) is 2. The van der Waals surface area contributed by atoms with Crippen LogP contribution in [-0.4, -0.2) is 56.6 Å².